The van der Waals surface area contributed by atoms with E-state index < -0.39 is 10.0 Å². The molecule has 0 spiro atoms. The molecule has 18 heavy (non-hydrogen) atoms. The molecule has 0 aromatic carbocycles. The summed E-state index contributed by atoms with van der Waals surface area (Å²) in [7, 11) is -3.43. The van der Waals surface area contributed by atoms with E-state index in [4.69, 9.17) is 18.0 Å². The zero-order valence-corrected chi connectivity index (χ0v) is 13.5. The summed E-state index contributed by atoms with van der Waals surface area (Å²) in [5, 5.41) is 1.76. The van der Waals surface area contributed by atoms with Crippen LogP contribution in [0.2, 0.25) is 0 Å². The zero-order valence-electron chi connectivity index (χ0n) is 9.50. The quantitative estimate of drug-likeness (QED) is 0.782. The Bertz CT molecular complexity index is 551. The van der Waals surface area contributed by atoms with Crippen molar-refractivity contribution in [3.63, 3.8) is 0 Å². The largest absolute Gasteiger partial charge is 0.393 e. The highest BCUT2D eigenvalue weighted by molar-refractivity contribution is 9.10. The predicted octanol–water partition coefficient (Wildman–Crippen LogP) is 2.34. The first-order chi connectivity index (χ1) is 8.43. The summed E-state index contributed by atoms with van der Waals surface area (Å²) >= 11 is 9.32. The molecule has 1 aliphatic rings. The molecule has 1 aliphatic carbocycles. The SMILES string of the molecule is NC(=S)CCN(C1CC1)S(=O)(=O)c1sccc1Br. The summed E-state index contributed by atoms with van der Waals surface area (Å²) in [6.45, 7) is 0.368. The van der Waals surface area contributed by atoms with E-state index in [1.165, 1.54) is 15.6 Å². The number of nitrogens with zero attached hydrogens (tertiary/aromatic N) is 1. The summed E-state index contributed by atoms with van der Waals surface area (Å²) in [6.07, 6.45) is 2.26. The van der Waals surface area contributed by atoms with Crippen LogP contribution >= 0.6 is 39.5 Å². The van der Waals surface area contributed by atoms with Crippen LogP contribution in [0.5, 0.6) is 0 Å². The molecule has 0 atom stereocenters. The molecule has 0 saturated heterocycles. The molecule has 2 rings (SSSR count). The van der Waals surface area contributed by atoms with Crippen molar-refractivity contribution in [1.82, 2.24) is 4.31 Å². The van der Waals surface area contributed by atoms with Crippen molar-refractivity contribution >= 4 is 54.5 Å². The number of nitrogens with two attached hydrogens (primary N) is 1. The Labute approximate surface area is 124 Å². The number of thiophene rings is 1. The fourth-order valence-electron chi connectivity index (χ4n) is 1.65. The third-order valence-corrected chi connectivity index (χ3v) is 7.46. The van der Waals surface area contributed by atoms with Crippen LogP contribution in [0.3, 0.4) is 0 Å². The van der Waals surface area contributed by atoms with Gasteiger partial charge in [-0.2, -0.15) is 4.31 Å². The van der Waals surface area contributed by atoms with Crippen molar-refractivity contribution in [2.45, 2.75) is 29.5 Å². The van der Waals surface area contributed by atoms with E-state index >= 15 is 0 Å². The number of sulfonamides is 1. The zero-order chi connectivity index (χ0) is 13.3. The van der Waals surface area contributed by atoms with Crippen LogP contribution in [0.15, 0.2) is 20.1 Å². The standard InChI is InChI=1S/C10H13BrN2O2S3/c11-8-4-6-17-10(8)18(14,15)13(7-1-2-7)5-3-9(12)16/h4,6-7H,1-3,5H2,(H2,12,16). The summed E-state index contributed by atoms with van der Waals surface area (Å²) in [5.74, 6) is 0. The molecule has 0 unspecified atom stereocenters. The number of rotatable bonds is 6. The normalized spacial score (nSPS) is 16.1. The Morgan fingerprint density at radius 1 is 1.61 bits per heavy atom. The lowest BCUT2D eigenvalue weighted by Crippen LogP contribution is -2.35. The molecule has 1 aromatic heterocycles. The molecule has 1 saturated carbocycles. The third kappa shape index (κ3) is 3.11. The maximum absolute atomic E-state index is 12.5. The van der Waals surface area contributed by atoms with E-state index in [1.54, 1.807) is 11.4 Å². The smallest absolute Gasteiger partial charge is 0.253 e. The van der Waals surface area contributed by atoms with Gasteiger partial charge in [0.05, 0.1) is 4.99 Å². The van der Waals surface area contributed by atoms with Crippen molar-refractivity contribution in [1.29, 1.82) is 0 Å². The van der Waals surface area contributed by atoms with E-state index in [9.17, 15) is 8.42 Å². The Morgan fingerprint density at radius 3 is 2.72 bits per heavy atom. The second-order valence-electron chi connectivity index (χ2n) is 4.12. The third-order valence-electron chi connectivity index (χ3n) is 2.66. The van der Waals surface area contributed by atoms with E-state index in [0.717, 1.165) is 12.8 Å². The van der Waals surface area contributed by atoms with Crippen LogP contribution in [0.1, 0.15) is 19.3 Å². The molecular weight excluding hydrogens is 356 g/mol. The van der Waals surface area contributed by atoms with E-state index in [2.05, 4.69) is 15.9 Å². The topological polar surface area (TPSA) is 63.4 Å². The minimum Gasteiger partial charge on any atom is -0.393 e. The Morgan fingerprint density at radius 2 is 2.28 bits per heavy atom. The molecular formula is C10H13BrN2O2S3. The van der Waals surface area contributed by atoms with E-state index in [1.807, 2.05) is 0 Å². The highest BCUT2D eigenvalue weighted by Gasteiger charge is 2.39. The number of hydrogen-bond donors (Lipinski definition) is 1. The fourth-order valence-corrected chi connectivity index (χ4v) is 5.86. The van der Waals surface area contributed by atoms with Crippen LogP contribution in [0.4, 0.5) is 0 Å². The van der Waals surface area contributed by atoms with Crippen LogP contribution in [0.25, 0.3) is 0 Å². The van der Waals surface area contributed by atoms with Crippen molar-refractivity contribution in [2.75, 3.05) is 6.54 Å². The maximum atomic E-state index is 12.5. The first kappa shape index (κ1) is 14.4. The molecule has 1 aromatic rings. The van der Waals surface area contributed by atoms with Gasteiger partial charge in [-0.15, -0.1) is 11.3 Å². The Balaban J connectivity index is 2.25. The Kier molecular flexibility index (Phi) is 4.43. The predicted molar refractivity (Wildman–Crippen MR) is 80.3 cm³/mol. The van der Waals surface area contributed by atoms with Gasteiger partial charge >= 0.3 is 0 Å². The van der Waals surface area contributed by atoms with Gasteiger partial charge in [-0.25, -0.2) is 8.42 Å². The van der Waals surface area contributed by atoms with Crippen molar-refractivity contribution in [2.24, 2.45) is 5.73 Å². The monoisotopic (exact) mass is 368 g/mol. The van der Waals surface area contributed by atoms with Gasteiger partial charge in [0, 0.05) is 23.5 Å². The van der Waals surface area contributed by atoms with Crippen molar-refractivity contribution < 1.29 is 8.42 Å². The molecule has 0 radical (unpaired) electrons. The number of halogens is 1. The van der Waals surface area contributed by atoms with Gasteiger partial charge in [-0.05, 0) is 40.2 Å². The van der Waals surface area contributed by atoms with E-state index in [-0.39, 0.29) is 6.04 Å². The number of hydrogen-bond acceptors (Lipinski definition) is 4. The van der Waals surface area contributed by atoms with Gasteiger partial charge in [0.1, 0.15) is 4.21 Å². The van der Waals surface area contributed by atoms with Gasteiger partial charge < -0.3 is 5.73 Å². The summed E-state index contributed by atoms with van der Waals surface area (Å²) < 4.78 is 27.6. The number of thiocarbonyl (C=S) groups is 1. The van der Waals surface area contributed by atoms with Crippen molar-refractivity contribution in [3.8, 4) is 0 Å². The minimum absolute atomic E-state index is 0.110. The van der Waals surface area contributed by atoms with Crippen LogP contribution in [-0.2, 0) is 10.0 Å². The molecule has 0 amide bonds. The van der Waals surface area contributed by atoms with Gasteiger partial charge in [0.25, 0.3) is 10.0 Å². The summed E-state index contributed by atoms with van der Waals surface area (Å²) in [5.41, 5.74) is 5.46. The van der Waals surface area contributed by atoms with Gasteiger partial charge in [-0.3, -0.25) is 0 Å². The molecule has 0 bridgehead atoms. The molecule has 4 nitrogen and oxygen atoms in total. The van der Waals surface area contributed by atoms with Crippen LogP contribution in [-0.4, -0.2) is 30.3 Å². The lowest BCUT2D eigenvalue weighted by atomic mass is 10.4. The Hall–Kier alpha value is -0.0200. The van der Waals surface area contributed by atoms with Gasteiger partial charge in [0.15, 0.2) is 0 Å². The molecule has 1 fully saturated rings. The minimum atomic E-state index is -3.43. The molecule has 0 aliphatic heterocycles. The summed E-state index contributed by atoms with van der Waals surface area (Å²) in [4.78, 5) is 0.348. The molecule has 8 heteroatoms. The highest BCUT2D eigenvalue weighted by atomic mass is 79.9. The van der Waals surface area contributed by atoms with Gasteiger partial charge in [0.2, 0.25) is 0 Å². The van der Waals surface area contributed by atoms with Crippen molar-refractivity contribution in [3.05, 3.63) is 15.9 Å². The average molecular weight is 369 g/mol. The second kappa shape index (κ2) is 5.54. The maximum Gasteiger partial charge on any atom is 0.253 e. The average Bonchev–Trinajstić information content (AvgIpc) is 2.99. The second-order valence-corrected chi connectivity index (χ2v) is 8.50. The first-order valence-electron chi connectivity index (χ1n) is 5.46. The lowest BCUT2D eigenvalue weighted by molar-refractivity contribution is 0.414. The van der Waals surface area contributed by atoms with Gasteiger partial charge in [-0.1, -0.05) is 12.2 Å². The summed E-state index contributed by atoms with van der Waals surface area (Å²) in [6, 6.07) is 1.86. The first-order valence-corrected chi connectivity index (χ1v) is 8.98. The van der Waals surface area contributed by atoms with Crippen LogP contribution < -0.4 is 5.73 Å². The molecule has 1 heterocycles. The van der Waals surface area contributed by atoms with E-state index in [0.29, 0.717) is 26.6 Å². The lowest BCUT2D eigenvalue weighted by Gasteiger charge is -2.21. The highest BCUT2D eigenvalue weighted by Crippen LogP contribution is 2.36. The molecule has 100 valence electrons. The fraction of sp³-hybridized carbons (Fsp3) is 0.500. The van der Waals surface area contributed by atoms with Crippen LogP contribution in [0, 0.1) is 0 Å². The molecule has 2 N–H and O–H groups in total.